The lowest BCUT2D eigenvalue weighted by atomic mass is 10.1. The number of anilines is 1. The van der Waals surface area contributed by atoms with E-state index < -0.39 is 0 Å². The summed E-state index contributed by atoms with van der Waals surface area (Å²) in [5.74, 6) is 0.385. The van der Waals surface area contributed by atoms with E-state index in [1.165, 1.54) is 0 Å². The summed E-state index contributed by atoms with van der Waals surface area (Å²) in [6, 6.07) is 5.01. The highest BCUT2D eigenvalue weighted by Crippen LogP contribution is 2.19. The predicted molar refractivity (Wildman–Crippen MR) is 75.4 cm³/mol. The lowest BCUT2D eigenvalue weighted by Gasteiger charge is -2.08. The minimum atomic E-state index is -0.220. The van der Waals surface area contributed by atoms with Gasteiger partial charge in [-0.2, -0.15) is 0 Å². The lowest BCUT2D eigenvalue weighted by molar-refractivity contribution is 0.0952. The largest absolute Gasteiger partial charge is 0.497 e. The van der Waals surface area contributed by atoms with Crippen molar-refractivity contribution in [3.63, 3.8) is 0 Å². The van der Waals surface area contributed by atoms with Crippen molar-refractivity contribution in [1.82, 2.24) is 10.3 Å². The van der Waals surface area contributed by atoms with E-state index in [9.17, 15) is 4.79 Å². The molecule has 0 unspecified atom stereocenters. The van der Waals surface area contributed by atoms with E-state index in [1.54, 1.807) is 42.8 Å². The number of nitrogens with two attached hydrogens (primary N) is 1. The molecule has 2 rings (SSSR count). The Kier molecular flexibility index (Phi) is 4.01. The number of aryl methyl sites for hydroxylation is 1. The van der Waals surface area contributed by atoms with Crippen LogP contribution in [-0.4, -0.2) is 18.0 Å². The van der Waals surface area contributed by atoms with Crippen LogP contribution in [0, 0.1) is 6.92 Å². The van der Waals surface area contributed by atoms with Gasteiger partial charge in [0.2, 0.25) is 0 Å². The van der Waals surface area contributed by atoms with Gasteiger partial charge in [0.05, 0.1) is 24.2 Å². The van der Waals surface area contributed by atoms with Crippen molar-refractivity contribution < 1.29 is 9.53 Å². The monoisotopic (exact) mass is 277 g/mol. The maximum absolute atomic E-state index is 12.1. The second-order valence-electron chi connectivity index (χ2n) is 3.98. The Bertz CT molecular complexity index is 595. The van der Waals surface area contributed by atoms with Gasteiger partial charge >= 0.3 is 0 Å². The van der Waals surface area contributed by atoms with Gasteiger partial charge in [0.25, 0.3) is 5.91 Å². The van der Waals surface area contributed by atoms with Gasteiger partial charge in [0, 0.05) is 16.8 Å². The summed E-state index contributed by atoms with van der Waals surface area (Å²) in [5.41, 5.74) is 6.64. The Morgan fingerprint density at radius 3 is 2.95 bits per heavy atom. The van der Waals surface area contributed by atoms with Crippen LogP contribution in [0.1, 0.15) is 20.2 Å². The maximum Gasteiger partial charge on any atom is 0.253 e. The summed E-state index contributed by atoms with van der Waals surface area (Å²) in [6.45, 7) is 2.37. The molecule has 2 aromatic rings. The molecule has 0 spiro atoms. The standard InChI is InChI=1S/C13H15N3O2S/c1-8-15-6-10(19-8)7-16-13(17)11-5-9(18-2)3-4-12(11)14/h3-6H,7,14H2,1-2H3,(H,16,17). The summed E-state index contributed by atoms with van der Waals surface area (Å²) in [7, 11) is 1.55. The number of carbonyl (C=O) groups excluding carboxylic acids is 1. The number of benzene rings is 1. The van der Waals surface area contributed by atoms with Gasteiger partial charge in [0.15, 0.2) is 0 Å². The molecule has 0 radical (unpaired) electrons. The van der Waals surface area contributed by atoms with Crippen LogP contribution in [0.25, 0.3) is 0 Å². The summed E-state index contributed by atoms with van der Waals surface area (Å²) in [5, 5.41) is 3.79. The highest BCUT2D eigenvalue weighted by molar-refractivity contribution is 7.11. The van der Waals surface area contributed by atoms with Crippen LogP contribution >= 0.6 is 11.3 Å². The first-order valence-corrected chi connectivity index (χ1v) is 6.55. The van der Waals surface area contributed by atoms with Crippen molar-refractivity contribution in [2.24, 2.45) is 0 Å². The third-order valence-corrected chi connectivity index (χ3v) is 3.51. The second kappa shape index (κ2) is 5.71. The number of thiazole rings is 1. The van der Waals surface area contributed by atoms with Crippen LogP contribution in [0.3, 0.4) is 0 Å². The molecule has 0 saturated heterocycles. The van der Waals surface area contributed by atoms with E-state index in [0.717, 1.165) is 9.88 Å². The van der Waals surface area contributed by atoms with E-state index in [1.807, 2.05) is 6.92 Å². The van der Waals surface area contributed by atoms with Gasteiger partial charge in [-0.15, -0.1) is 11.3 Å². The van der Waals surface area contributed by atoms with Crippen molar-refractivity contribution in [1.29, 1.82) is 0 Å². The molecule has 5 nitrogen and oxygen atoms in total. The Hall–Kier alpha value is -2.08. The number of ether oxygens (including phenoxy) is 1. The Morgan fingerprint density at radius 1 is 1.53 bits per heavy atom. The van der Waals surface area contributed by atoms with E-state index >= 15 is 0 Å². The summed E-state index contributed by atoms with van der Waals surface area (Å²) >= 11 is 1.55. The zero-order chi connectivity index (χ0) is 13.8. The molecule has 1 heterocycles. The molecule has 19 heavy (non-hydrogen) atoms. The predicted octanol–water partition coefficient (Wildman–Crippen LogP) is 1.97. The minimum Gasteiger partial charge on any atom is -0.497 e. The van der Waals surface area contributed by atoms with Crippen molar-refractivity contribution in [2.45, 2.75) is 13.5 Å². The Balaban J connectivity index is 2.07. The highest BCUT2D eigenvalue weighted by atomic mass is 32.1. The van der Waals surface area contributed by atoms with Gasteiger partial charge in [-0.05, 0) is 25.1 Å². The number of hydrogen-bond acceptors (Lipinski definition) is 5. The first-order valence-electron chi connectivity index (χ1n) is 5.73. The van der Waals surface area contributed by atoms with Crippen LogP contribution in [0.4, 0.5) is 5.69 Å². The van der Waals surface area contributed by atoms with Crippen LogP contribution in [0.2, 0.25) is 0 Å². The third-order valence-electron chi connectivity index (χ3n) is 2.60. The van der Waals surface area contributed by atoms with Crippen LogP contribution in [0.15, 0.2) is 24.4 Å². The molecule has 100 valence electrons. The molecular formula is C13H15N3O2S. The molecule has 6 heteroatoms. The molecule has 0 fully saturated rings. The fraction of sp³-hybridized carbons (Fsp3) is 0.231. The fourth-order valence-corrected chi connectivity index (χ4v) is 2.34. The molecular weight excluding hydrogens is 262 g/mol. The number of amides is 1. The number of rotatable bonds is 4. The molecule has 1 aromatic carbocycles. The number of aromatic nitrogens is 1. The summed E-state index contributed by atoms with van der Waals surface area (Å²) in [6.07, 6.45) is 1.76. The van der Waals surface area contributed by atoms with Crippen molar-refractivity contribution in [2.75, 3.05) is 12.8 Å². The number of nitrogen functional groups attached to an aromatic ring is 1. The van der Waals surface area contributed by atoms with Gasteiger partial charge < -0.3 is 15.8 Å². The van der Waals surface area contributed by atoms with E-state index in [2.05, 4.69) is 10.3 Å². The van der Waals surface area contributed by atoms with E-state index in [0.29, 0.717) is 23.5 Å². The first-order chi connectivity index (χ1) is 9.10. The molecule has 0 aliphatic carbocycles. The summed E-state index contributed by atoms with van der Waals surface area (Å²) < 4.78 is 5.08. The average Bonchev–Trinajstić information content (AvgIpc) is 2.82. The maximum atomic E-state index is 12.1. The first kappa shape index (κ1) is 13.4. The van der Waals surface area contributed by atoms with Crippen LogP contribution in [-0.2, 0) is 6.54 Å². The molecule has 0 saturated carbocycles. The van der Waals surface area contributed by atoms with Gasteiger partial charge in [0.1, 0.15) is 5.75 Å². The number of nitrogens with zero attached hydrogens (tertiary/aromatic N) is 1. The molecule has 0 aliphatic rings. The SMILES string of the molecule is COc1ccc(N)c(C(=O)NCc2cnc(C)s2)c1. The van der Waals surface area contributed by atoms with Crippen molar-refractivity contribution in [3.05, 3.63) is 39.8 Å². The van der Waals surface area contributed by atoms with Crippen LogP contribution in [0.5, 0.6) is 5.75 Å². The van der Waals surface area contributed by atoms with Crippen LogP contribution < -0.4 is 15.8 Å². The number of methoxy groups -OCH3 is 1. The Labute approximate surface area is 115 Å². The third kappa shape index (κ3) is 3.23. The second-order valence-corrected chi connectivity index (χ2v) is 5.30. The zero-order valence-electron chi connectivity index (χ0n) is 10.8. The van der Waals surface area contributed by atoms with Gasteiger partial charge in [-0.3, -0.25) is 4.79 Å². The quantitative estimate of drug-likeness (QED) is 0.838. The average molecular weight is 277 g/mol. The van der Waals surface area contributed by atoms with E-state index in [-0.39, 0.29) is 5.91 Å². The normalized spacial score (nSPS) is 10.2. The fourth-order valence-electron chi connectivity index (χ4n) is 1.61. The smallest absolute Gasteiger partial charge is 0.253 e. The van der Waals surface area contributed by atoms with Gasteiger partial charge in [-0.25, -0.2) is 4.98 Å². The summed E-state index contributed by atoms with van der Waals surface area (Å²) in [4.78, 5) is 17.2. The Morgan fingerprint density at radius 2 is 2.32 bits per heavy atom. The molecule has 1 aromatic heterocycles. The number of carbonyl (C=O) groups is 1. The topological polar surface area (TPSA) is 77.2 Å². The molecule has 0 atom stereocenters. The van der Waals surface area contributed by atoms with E-state index in [4.69, 9.17) is 10.5 Å². The highest BCUT2D eigenvalue weighted by Gasteiger charge is 2.11. The molecule has 3 N–H and O–H groups in total. The molecule has 0 bridgehead atoms. The minimum absolute atomic E-state index is 0.220. The molecule has 1 amide bonds. The number of hydrogen-bond donors (Lipinski definition) is 2. The lowest BCUT2D eigenvalue weighted by Crippen LogP contribution is -2.23. The van der Waals surface area contributed by atoms with Crippen molar-refractivity contribution >= 4 is 22.9 Å². The zero-order valence-corrected chi connectivity index (χ0v) is 11.6. The number of nitrogens with one attached hydrogen (secondary N) is 1. The molecule has 0 aliphatic heterocycles. The van der Waals surface area contributed by atoms with Crippen molar-refractivity contribution in [3.8, 4) is 5.75 Å². The van der Waals surface area contributed by atoms with Gasteiger partial charge in [-0.1, -0.05) is 0 Å².